The zero-order chi connectivity index (χ0) is 20.3. The first-order valence-electron chi connectivity index (χ1n) is 8.86. The lowest BCUT2D eigenvalue weighted by Crippen LogP contribution is -2.36. The predicted molar refractivity (Wildman–Crippen MR) is 109 cm³/mol. The normalized spacial score (nSPS) is 10.9. The van der Waals surface area contributed by atoms with Crippen molar-refractivity contribution in [2.45, 2.75) is 20.4 Å². The lowest BCUT2D eigenvalue weighted by atomic mass is 10.2. The molecule has 2 heterocycles. The van der Waals surface area contributed by atoms with Gasteiger partial charge in [0.1, 0.15) is 29.5 Å². The van der Waals surface area contributed by atoms with Crippen molar-refractivity contribution >= 4 is 27.5 Å². The summed E-state index contributed by atoms with van der Waals surface area (Å²) in [6.07, 6.45) is 1.44. The van der Waals surface area contributed by atoms with Crippen LogP contribution in [0.15, 0.2) is 35.4 Å². The molecule has 3 rings (SSSR count). The molecule has 0 spiro atoms. The number of likely N-dealkylation sites (N-methyl/N-ethyl adjacent to an activating group) is 1. The Balaban J connectivity index is 1.59. The highest BCUT2D eigenvalue weighted by molar-refractivity contribution is 7.18. The molecule has 0 fully saturated rings. The summed E-state index contributed by atoms with van der Waals surface area (Å²) >= 11 is 1.49. The minimum absolute atomic E-state index is 0.0465. The Morgan fingerprint density at radius 1 is 1.21 bits per heavy atom. The zero-order valence-electron chi connectivity index (χ0n) is 16.4. The Bertz CT molecular complexity index is 1040. The van der Waals surface area contributed by atoms with Crippen molar-refractivity contribution in [1.82, 2.24) is 14.5 Å². The van der Waals surface area contributed by atoms with Gasteiger partial charge in [-0.2, -0.15) is 0 Å². The molecule has 0 N–H and O–H groups in total. The number of amides is 1. The van der Waals surface area contributed by atoms with Crippen molar-refractivity contribution in [2.24, 2.45) is 0 Å². The second kappa shape index (κ2) is 8.43. The number of rotatable bonds is 7. The van der Waals surface area contributed by atoms with Crippen molar-refractivity contribution in [1.29, 1.82) is 0 Å². The van der Waals surface area contributed by atoms with E-state index in [0.717, 1.165) is 16.2 Å². The molecule has 0 saturated carbocycles. The lowest BCUT2D eigenvalue weighted by Gasteiger charge is -2.18. The third-order valence-electron chi connectivity index (χ3n) is 4.64. The van der Waals surface area contributed by atoms with Crippen LogP contribution in [0.3, 0.4) is 0 Å². The number of hydrogen-bond acceptors (Lipinski definition) is 6. The average Bonchev–Trinajstić information content (AvgIpc) is 2.99. The highest BCUT2D eigenvalue weighted by Crippen LogP contribution is 2.25. The SMILES string of the molecule is COc1ccc(OCCN(C)C(=O)Cn2cnc3sc(C)c(C)c3c2=O)cc1. The van der Waals surface area contributed by atoms with Crippen LogP contribution in [-0.2, 0) is 11.3 Å². The van der Waals surface area contributed by atoms with Gasteiger partial charge in [0.05, 0.1) is 25.4 Å². The minimum Gasteiger partial charge on any atom is -0.497 e. The third-order valence-corrected chi connectivity index (χ3v) is 5.76. The van der Waals surface area contributed by atoms with Gasteiger partial charge in [0.2, 0.25) is 5.91 Å². The van der Waals surface area contributed by atoms with Crippen LogP contribution in [0.25, 0.3) is 10.2 Å². The summed E-state index contributed by atoms with van der Waals surface area (Å²) in [5.41, 5.74) is 0.753. The van der Waals surface area contributed by atoms with Crippen molar-refractivity contribution in [3.8, 4) is 11.5 Å². The fourth-order valence-electron chi connectivity index (χ4n) is 2.75. The predicted octanol–water partition coefficient (Wildman–Crippen LogP) is 2.62. The summed E-state index contributed by atoms with van der Waals surface area (Å²) < 4.78 is 12.1. The number of hydrogen-bond donors (Lipinski definition) is 0. The maximum atomic E-state index is 12.7. The summed E-state index contributed by atoms with van der Waals surface area (Å²) in [7, 11) is 3.30. The molecule has 8 heteroatoms. The number of ether oxygens (including phenoxy) is 2. The van der Waals surface area contributed by atoms with Crippen LogP contribution in [-0.4, -0.2) is 47.7 Å². The van der Waals surface area contributed by atoms with E-state index in [2.05, 4.69) is 4.98 Å². The van der Waals surface area contributed by atoms with Gasteiger partial charge in [-0.3, -0.25) is 14.2 Å². The van der Waals surface area contributed by atoms with Gasteiger partial charge in [-0.05, 0) is 43.7 Å². The maximum Gasteiger partial charge on any atom is 0.262 e. The van der Waals surface area contributed by atoms with Crippen LogP contribution in [0.5, 0.6) is 11.5 Å². The monoisotopic (exact) mass is 401 g/mol. The average molecular weight is 401 g/mol. The maximum absolute atomic E-state index is 12.7. The van der Waals surface area contributed by atoms with Gasteiger partial charge in [0.25, 0.3) is 5.56 Å². The van der Waals surface area contributed by atoms with Crippen LogP contribution < -0.4 is 15.0 Å². The molecule has 0 aliphatic rings. The fourth-order valence-corrected chi connectivity index (χ4v) is 3.73. The highest BCUT2D eigenvalue weighted by atomic mass is 32.1. The molecule has 1 amide bonds. The molecular formula is C20H23N3O4S. The Hall–Kier alpha value is -2.87. The lowest BCUT2D eigenvalue weighted by molar-refractivity contribution is -0.130. The van der Waals surface area contributed by atoms with Crippen LogP contribution in [0.2, 0.25) is 0 Å². The number of aromatic nitrogens is 2. The molecule has 0 radical (unpaired) electrons. The molecule has 0 atom stereocenters. The molecule has 0 aliphatic carbocycles. The quantitative estimate of drug-likeness (QED) is 0.608. The number of carbonyl (C=O) groups excluding carboxylic acids is 1. The Morgan fingerprint density at radius 2 is 1.89 bits per heavy atom. The van der Waals surface area contributed by atoms with Crippen LogP contribution in [0.1, 0.15) is 10.4 Å². The molecule has 28 heavy (non-hydrogen) atoms. The van der Waals surface area contributed by atoms with E-state index in [1.165, 1.54) is 22.2 Å². The van der Waals surface area contributed by atoms with E-state index < -0.39 is 0 Å². The first-order valence-corrected chi connectivity index (χ1v) is 9.68. The first-order chi connectivity index (χ1) is 13.4. The van der Waals surface area contributed by atoms with Gasteiger partial charge in [-0.25, -0.2) is 4.98 Å². The second-order valence-electron chi connectivity index (χ2n) is 6.48. The van der Waals surface area contributed by atoms with Gasteiger partial charge in [-0.15, -0.1) is 11.3 Å². The molecule has 0 saturated heterocycles. The smallest absolute Gasteiger partial charge is 0.262 e. The molecule has 3 aromatic rings. The van der Waals surface area contributed by atoms with E-state index in [4.69, 9.17) is 9.47 Å². The van der Waals surface area contributed by atoms with E-state index in [0.29, 0.717) is 29.1 Å². The molecule has 1 aromatic carbocycles. The highest BCUT2D eigenvalue weighted by Gasteiger charge is 2.15. The van der Waals surface area contributed by atoms with Crippen molar-refractivity contribution in [3.05, 3.63) is 51.4 Å². The van der Waals surface area contributed by atoms with E-state index in [9.17, 15) is 9.59 Å². The molecule has 0 aliphatic heterocycles. The topological polar surface area (TPSA) is 73.7 Å². The summed E-state index contributed by atoms with van der Waals surface area (Å²) in [5.74, 6) is 1.29. The molecule has 7 nitrogen and oxygen atoms in total. The Morgan fingerprint density at radius 3 is 2.57 bits per heavy atom. The van der Waals surface area contributed by atoms with Gasteiger partial charge in [0.15, 0.2) is 0 Å². The number of nitrogens with zero attached hydrogens (tertiary/aromatic N) is 3. The van der Waals surface area contributed by atoms with Crippen LogP contribution in [0, 0.1) is 13.8 Å². The van der Waals surface area contributed by atoms with Crippen molar-refractivity contribution in [2.75, 3.05) is 27.3 Å². The van der Waals surface area contributed by atoms with E-state index >= 15 is 0 Å². The standard InChI is InChI=1S/C20H23N3O4S/c1-13-14(2)28-19-18(13)20(25)23(12-21-19)11-17(24)22(3)9-10-27-16-7-5-15(26-4)6-8-16/h5-8,12H,9-11H2,1-4H3. The molecule has 2 aromatic heterocycles. The Kier molecular flexibility index (Phi) is 5.99. The van der Waals surface area contributed by atoms with Crippen LogP contribution >= 0.6 is 11.3 Å². The van der Waals surface area contributed by atoms with E-state index in [1.807, 2.05) is 38.1 Å². The number of carbonyl (C=O) groups is 1. The number of fused-ring (bicyclic) bond motifs is 1. The van der Waals surface area contributed by atoms with E-state index in [1.54, 1.807) is 19.1 Å². The number of benzene rings is 1. The molecule has 148 valence electrons. The minimum atomic E-state index is -0.178. The number of thiophene rings is 1. The van der Waals surface area contributed by atoms with Gasteiger partial charge >= 0.3 is 0 Å². The molecular weight excluding hydrogens is 378 g/mol. The van der Waals surface area contributed by atoms with Gasteiger partial charge in [0, 0.05) is 11.9 Å². The fraction of sp³-hybridized carbons (Fsp3) is 0.350. The summed E-state index contributed by atoms with van der Waals surface area (Å²) in [6.45, 7) is 4.59. The number of aryl methyl sites for hydroxylation is 2. The van der Waals surface area contributed by atoms with Crippen molar-refractivity contribution in [3.63, 3.8) is 0 Å². The van der Waals surface area contributed by atoms with E-state index in [-0.39, 0.29) is 18.0 Å². The summed E-state index contributed by atoms with van der Waals surface area (Å²) in [4.78, 5) is 32.8. The molecule has 0 bridgehead atoms. The summed E-state index contributed by atoms with van der Waals surface area (Å²) in [6, 6.07) is 7.25. The Labute approximate surface area is 167 Å². The molecule has 0 unspecified atom stereocenters. The van der Waals surface area contributed by atoms with Gasteiger partial charge < -0.3 is 14.4 Å². The summed E-state index contributed by atoms with van der Waals surface area (Å²) in [5, 5.41) is 0.600. The van der Waals surface area contributed by atoms with Gasteiger partial charge in [-0.1, -0.05) is 0 Å². The van der Waals surface area contributed by atoms with Crippen molar-refractivity contribution < 1.29 is 14.3 Å². The van der Waals surface area contributed by atoms with Crippen LogP contribution in [0.4, 0.5) is 0 Å². The largest absolute Gasteiger partial charge is 0.497 e. The zero-order valence-corrected chi connectivity index (χ0v) is 17.2. The third kappa shape index (κ3) is 4.17. The number of methoxy groups -OCH3 is 1. The first kappa shape index (κ1) is 19.9. The second-order valence-corrected chi connectivity index (χ2v) is 7.68.